The number of aliphatic hydroxyl groups excluding tert-OH is 1. The monoisotopic (exact) mass is 228 g/mol. The van der Waals surface area contributed by atoms with Gasteiger partial charge in [-0.25, -0.2) is 0 Å². The van der Waals surface area contributed by atoms with Crippen molar-refractivity contribution in [1.82, 2.24) is 0 Å². The topological polar surface area (TPSA) is 49.5 Å². The van der Waals surface area contributed by atoms with Crippen molar-refractivity contribution in [1.29, 1.82) is 0 Å². The van der Waals surface area contributed by atoms with Gasteiger partial charge in [-0.2, -0.15) is 0 Å². The van der Waals surface area contributed by atoms with E-state index in [0.29, 0.717) is 18.1 Å². The number of halogens is 1. The molecule has 0 amide bonds. The molecule has 3 nitrogen and oxygen atoms in total. The number of nitrogens with two attached hydrogens (primary N) is 1. The Hall–Kier alpha value is -0.770. The van der Waals surface area contributed by atoms with E-state index in [4.69, 9.17) is 17.3 Å². The highest BCUT2D eigenvalue weighted by Crippen LogP contribution is 2.26. The molecule has 0 saturated carbocycles. The zero-order chi connectivity index (χ0) is 11.4. The van der Waals surface area contributed by atoms with Crippen LogP contribution in [-0.4, -0.2) is 24.8 Å². The van der Waals surface area contributed by atoms with Crippen molar-refractivity contribution >= 4 is 17.3 Å². The second kappa shape index (κ2) is 5.35. The van der Waals surface area contributed by atoms with Crippen LogP contribution in [0, 0.1) is 0 Å². The maximum absolute atomic E-state index is 9.31. The second-order valence-corrected chi connectivity index (χ2v) is 4.08. The third kappa shape index (κ3) is 3.09. The van der Waals surface area contributed by atoms with Crippen LogP contribution in [0.4, 0.5) is 5.69 Å². The highest BCUT2D eigenvalue weighted by Gasteiger charge is 2.10. The summed E-state index contributed by atoms with van der Waals surface area (Å²) in [6, 6.07) is 5.66. The average molecular weight is 229 g/mol. The number of benzene rings is 1. The van der Waals surface area contributed by atoms with Crippen LogP contribution in [0.25, 0.3) is 0 Å². The van der Waals surface area contributed by atoms with Crippen molar-refractivity contribution in [2.24, 2.45) is 5.73 Å². The number of anilines is 1. The Balaban J connectivity index is 2.97. The summed E-state index contributed by atoms with van der Waals surface area (Å²) in [4.78, 5) is 1.96. The van der Waals surface area contributed by atoms with Crippen molar-refractivity contribution in [3.8, 4) is 0 Å². The van der Waals surface area contributed by atoms with Gasteiger partial charge in [0.05, 0.1) is 6.10 Å². The predicted molar refractivity (Wildman–Crippen MR) is 64.3 cm³/mol. The predicted octanol–water partition coefficient (Wildman–Crippen LogP) is 1.62. The standard InChI is InChI=1S/C11H17ClN2O/c1-8(15)7-14(2)11-5-3-4-10(12)9(11)6-13/h3-5,8,15H,6-7,13H2,1-2H3. The summed E-state index contributed by atoms with van der Waals surface area (Å²) in [7, 11) is 1.91. The van der Waals surface area contributed by atoms with Gasteiger partial charge in [0, 0.05) is 36.4 Å². The summed E-state index contributed by atoms with van der Waals surface area (Å²) >= 11 is 6.04. The van der Waals surface area contributed by atoms with E-state index < -0.39 is 0 Å². The van der Waals surface area contributed by atoms with E-state index in [1.54, 1.807) is 6.92 Å². The number of hydrogen-bond donors (Lipinski definition) is 2. The molecule has 1 rings (SSSR count). The lowest BCUT2D eigenvalue weighted by Gasteiger charge is -2.24. The van der Waals surface area contributed by atoms with Crippen molar-refractivity contribution in [3.63, 3.8) is 0 Å². The molecule has 1 aromatic carbocycles. The third-order valence-electron chi connectivity index (χ3n) is 2.25. The van der Waals surface area contributed by atoms with Crippen molar-refractivity contribution in [2.75, 3.05) is 18.5 Å². The second-order valence-electron chi connectivity index (χ2n) is 3.67. The summed E-state index contributed by atoms with van der Waals surface area (Å²) in [6.07, 6.45) is -0.375. The Morgan fingerprint density at radius 3 is 2.73 bits per heavy atom. The van der Waals surface area contributed by atoms with E-state index in [-0.39, 0.29) is 6.10 Å². The smallest absolute Gasteiger partial charge is 0.0686 e. The minimum Gasteiger partial charge on any atom is -0.392 e. The molecule has 0 aliphatic rings. The molecule has 84 valence electrons. The van der Waals surface area contributed by atoms with E-state index in [0.717, 1.165) is 11.3 Å². The summed E-state index contributed by atoms with van der Waals surface area (Å²) in [5.41, 5.74) is 7.54. The fourth-order valence-corrected chi connectivity index (χ4v) is 1.85. The van der Waals surface area contributed by atoms with Gasteiger partial charge in [-0.1, -0.05) is 17.7 Å². The first kappa shape index (κ1) is 12.3. The quantitative estimate of drug-likeness (QED) is 0.824. The zero-order valence-electron chi connectivity index (χ0n) is 9.07. The lowest BCUT2D eigenvalue weighted by Crippen LogP contribution is -2.28. The number of nitrogens with zero attached hydrogens (tertiary/aromatic N) is 1. The minimum absolute atomic E-state index is 0.375. The first-order valence-corrected chi connectivity index (χ1v) is 5.30. The lowest BCUT2D eigenvalue weighted by molar-refractivity contribution is 0.201. The molecule has 0 aromatic heterocycles. The molecule has 1 unspecified atom stereocenters. The zero-order valence-corrected chi connectivity index (χ0v) is 9.83. The highest BCUT2D eigenvalue weighted by atomic mass is 35.5. The van der Waals surface area contributed by atoms with E-state index in [9.17, 15) is 5.11 Å². The number of rotatable bonds is 4. The SMILES string of the molecule is CC(O)CN(C)c1cccc(Cl)c1CN. The maximum atomic E-state index is 9.31. The van der Waals surface area contributed by atoms with E-state index >= 15 is 0 Å². The first-order chi connectivity index (χ1) is 7.06. The Kier molecular flexibility index (Phi) is 4.39. The molecule has 0 spiro atoms. The number of aliphatic hydroxyl groups is 1. The summed E-state index contributed by atoms with van der Waals surface area (Å²) < 4.78 is 0. The largest absolute Gasteiger partial charge is 0.392 e. The minimum atomic E-state index is -0.375. The molecule has 0 bridgehead atoms. The maximum Gasteiger partial charge on any atom is 0.0686 e. The summed E-state index contributed by atoms with van der Waals surface area (Å²) in [5, 5.41) is 9.98. The van der Waals surface area contributed by atoms with Crippen LogP contribution < -0.4 is 10.6 Å². The summed E-state index contributed by atoms with van der Waals surface area (Å²) in [6.45, 7) is 2.72. The van der Waals surface area contributed by atoms with Crippen LogP contribution >= 0.6 is 11.6 Å². The molecule has 0 aliphatic carbocycles. The third-order valence-corrected chi connectivity index (χ3v) is 2.60. The Labute approximate surface area is 95.5 Å². The van der Waals surface area contributed by atoms with Crippen LogP contribution in [-0.2, 0) is 6.54 Å². The van der Waals surface area contributed by atoms with Crippen LogP contribution in [0.2, 0.25) is 5.02 Å². The molecule has 1 aromatic rings. The Bertz CT molecular complexity index is 328. The van der Waals surface area contributed by atoms with Crippen LogP contribution in [0.3, 0.4) is 0 Å². The Morgan fingerprint density at radius 2 is 2.20 bits per heavy atom. The van der Waals surface area contributed by atoms with Gasteiger partial charge < -0.3 is 15.7 Å². The molecule has 0 saturated heterocycles. The molecule has 0 radical (unpaired) electrons. The van der Waals surface area contributed by atoms with E-state index in [1.165, 1.54) is 0 Å². The van der Waals surface area contributed by atoms with Crippen molar-refractivity contribution < 1.29 is 5.11 Å². The summed E-state index contributed by atoms with van der Waals surface area (Å²) in [5.74, 6) is 0. The Morgan fingerprint density at radius 1 is 1.53 bits per heavy atom. The lowest BCUT2D eigenvalue weighted by atomic mass is 10.1. The average Bonchev–Trinajstić information content (AvgIpc) is 2.16. The van der Waals surface area contributed by atoms with Gasteiger partial charge in [-0.05, 0) is 19.1 Å². The number of hydrogen-bond acceptors (Lipinski definition) is 3. The fourth-order valence-electron chi connectivity index (χ4n) is 1.60. The molecule has 4 heteroatoms. The van der Waals surface area contributed by atoms with Crippen LogP contribution in [0.15, 0.2) is 18.2 Å². The molecule has 0 heterocycles. The van der Waals surface area contributed by atoms with Gasteiger partial charge in [0.1, 0.15) is 0 Å². The van der Waals surface area contributed by atoms with Crippen molar-refractivity contribution in [2.45, 2.75) is 19.6 Å². The molecular weight excluding hydrogens is 212 g/mol. The molecule has 15 heavy (non-hydrogen) atoms. The van der Waals surface area contributed by atoms with E-state index in [2.05, 4.69) is 0 Å². The molecule has 0 aliphatic heterocycles. The molecule has 0 fully saturated rings. The van der Waals surface area contributed by atoms with Gasteiger partial charge in [-0.15, -0.1) is 0 Å². The normalized spacial score (nSPS) is 12.6. The fraction of sp³-hybridized carbons (Fsp3) is 0.455. The van der Waals surface area contributed by atoms with Gasteiger partial charge in [-0.3, -0.25) is 0 Å². The molecular formula is C11H17ClN2O. The van der Waals surface area contributed by atoms with Gasteiger partial charge in [0.15, 0.2) is 0 Å². The van der Waals surface area contributed by atoms with Gasteiger partial charge in [0.2, 0.25) is 0 Å². The van der Waals surface area contributed by atoms with Crippen molar-refractivity contribution in [3.05, 3.63) is 28.8 Å². The number of likely N-dealkylation sites (N-methyl/N-ethyl adjacent to an activating group) is 1. The van der Waals surface area contributed by atoms with Gasteiger partial charge >= 0.3 is 0 Å². The highest BCUT2D eigenvalue weighted by molar-refractivity contribution is 6.31. The van der Waals surface area contributed by atoms with Gasteiger partial charge in [0.25, 0.3) is 0 Å². The van der Waals surface area contributed by atoms with E-state index in [1.807, 2.05) is 30.1 Å². The first-order valence-electron chi connectivity index (χ1n) is 4.93. The van der Waals surface area contributed by atoms with Crippen LogP contribution in [0.1, 0.15) is 12.5 Å². The molecule has 1 atom stereocenters. The van der Waals surface area contributed by atoms with Crippen LogP contribution in [0.5, 0.6) is 0 Å². The molecule has 3 N–H and O–H groups in total.